The first-order chi connectivity index (χ1) is 4.75. The minimum atomic E-state index is -1.51. The van der Waals surface area contributed by atoms with Crippen LogP contribution in [0.3, 0.4) is 0 Å². The van der Waals surface area contributed by atoms with E-state index in [9.17, 15) is 4.79 Å². The SMILES string of the molecule is O=CC1=C(B(O)O)C=CC1. The van der Waals surface area contributed by atoms with Crippen LogP contribution >= 0.6 is 0 Å². The van der Waals surface area contributed by atoms with Crippen LogP contribution < -0.4 is 0 Å². The molecule has 0 aromatic heterocycles. The molecule has 1 rings (SSSR count). The second-order valence-electron chi connectivity index (χ2n) is 2.08. The van der Waals surface area contributed by atoms with Crippen molar-refractivity contribution in [1.82, 2.24) is 0 Å². The third-order valence-electron chi connectivity index (χ3n) is 1.43. The van der Waals surface area contributed by atoms with Gasteiger partial charge in [0.1, 0.15) is 6.29 Å². The highest BCUT2D eigenvalue weighted by molar-refractivity contribution is 6.52. The van der Waals surface area contributed by atoms with E-state index in [0.717, 1.165) is 0 Å². The predicted molar refractivity (Wildman–Crippen MR) is 37.0 cm³/mol. The Hall–Kier alpha value is -0.865. The monoisotopic (exact) mass is 138 g/mol. The first kappa shape index (κ1) is 7.24. The fourth-order valence-corrected chi connectivity index (χ4v) is 0.906. The first-order valence-corrected chi connectivity index (χ1v) is 2.96. The van der Waals surface area contributed by atoms with Crippen molar-refractivity contribution in [1.29, 1.82) is 0 Å². The van der Waals surface area contributed by atoms with Crippen molar-refractivity contribution in [2.75, 3.05) is 0 Å². The van der Waals surface area contributed by atoms with Crippen LogP contribution in [0.15, 0.2) is 23.2 Å². The zero-order valence-corrected chi connectivity index (χ0v) is 5.32. The highest BCUT2D eigenvalue weighted by Crippen LogP contribution is 2.17. The standard InChI is InChI=1S/C6H7BO3/c8-4-5-2-1-3-6(5)7(9)10/h1,3-4,9-10H,2H2. The van der Waals surface area contributed by atoms with Crippen molar-refractivity contribution in [3.63, 3.8) is 0 Å². The molecule has 0 fully saturated rings. The molecule has 0 amide bonds. The third-order valence-corrected chi connectivity index (χ3v) is 1.43. The normalized spacial score (nSPS) is 16.2. The topological polar surface area (TPSA) is 57.5 Å². The highest BCUT2D eigenvalue weighted by Gasteiger charge is 2.19. The molecule has 3 nitrogen and oxygen atoms in total. The third kappa shape index (κ3) is 1.17. The average molecular weight is 138 g/mol. The minimum Gasteiger partial charge on any atom is -0.423 e. The zero-order chi connectivity index (χ0) is 7.56. The Morgan fingerprint density at radius 2 is 2.30 bits per heavy atom. The molecule has 0 spiro atoms. The number of allylic oxidation sites excluding steroid dienone is 4. The summed E-state index contributed by atoms with van der Waals surface area (Å²) in [5.74, 6) is 0. The van der Waals surface area contributed by atoms with Gasteiger partial charge in [-0.3, -0.25) is 4.79 Å². The largest absolute Gasteiger partial charge is 0.488 e. The Morgan fingerprint density at radius 3 is 2.70 bits per heavy atom. The molecule has 4 heteroatoms. The molecule has 0 aliphatic heterocycles. The van der Waals surface area contributed by atoms with Crippen LogP contribution in [-0.4, -0.2) is 23.5 Å². The molecule has 0 bridgehead atoms. The lowest BCUT2D eigenvalue weighted by Crippen LogP contribution is -2.14. The van der Waals surface area contributed by atoms with E-state index in [-0.39, 0.29) is 0 Å². The summed E-state index contributed by atoms with van der Waals surface area (Å²) in [6.07, 6.45) is 4.43. The molecule has 0 aromatic rings. The van der Waals surface area contributed by atoms with Crippen LogP contribution in [0.2, 0.25) is 0 Å². The zero-order valence-electron chi connectivity index (χ0n) is 5.32. The van der Waals surface area contributed by atoms with Gasteiger partial charge in [-0.05, 0) is 17.5 Å². The van der Waals surface area contributed by atoms with Gasteiger partial charge in [0.2, 0.25) is 0 Å². The van der Waals surface area contributed by atoms with Gasteiger partial charge in [0.05, 0.1) is 0 Å². The number of carbonyl (C=O) groups is 1. The highest BCUT2D eigenvalue weighted by atomic mass is 16.4. The van der Waals surface area contributed by atoms with Crippen molar-refractivity contribution in [3.05, 3.63) is 23.2 Å². The van der Waals surface area contributed by atoms with Crippen LogP contribution in [0.1, 0.15) is 6.42 Å². The fourth-order valence-electron chi connectivity index (χ4n) is 0.906. The van der Waals surface area contributed by atoms with Gasteiger partial charge in [-0.1, -0.05) is 12.2 Å². The maximum absolute atomic E-state index is 10.2. The lowest BCUT2D eigenvalue weighted by Gasteiger charge is -1.96. The maximum atomic E-state index is 10.2. The predicted octanol–water partition coefficient (Wildman–Crippen LogP) is -0.546. The summed E-state index contributed by atoms with van der Waals surface area (Å²) in [7, 11) is -1.51. The van der Waals surface area contributed by atoms with Crippen molar-refractivity contribution in [3.8, 4) is 0 Å². The molecule has 1 aliphatic rings. The Balaban J connectivity index is 2.86. The molecule has 2 N–H and O–H groups in total. The average Bonchev–Trinajstić information content (AvgIpc) is 2.33. The van der Waals surface area contributed by atoms with E-state index in [1.807, 2.05) is 0 Å². The fraction of sp³-hybridized carbons (Fsp3) is 0.167. The number of hydrogen-bond acceptors (Lipinski definition) is 3. The summed E-state index contributed by atoms with van der Waals surface area (Å²) in [5, 5.41) is 17.3. The number of hydrogen-bond donors (Lipinski definition) is 2. The van der Waals surface area contributed by atoms with Gasteiger partial charge in [0.15, 0.2) is 0 Å². The van der Waals surface area contributed by atoms with E-state index in [0.29, 0.717) is 23.8 Å². The summed E-state index contributed by atoms with van der Waals surface area (Å²) in [6.45, 7) is 0. The summed E-state index contributed by atoms with van der Waals surface area (Å²) < 4.78 is 0. The van der Waals surface area contributed by atoms with Gasteiger partial charge < -0.3 is 10.0 Å². The lowest BCUT2D eigenvalue weighted by molar-refractivity contribution is -0.105. The summed E-state index contributed by atoms with van der Waals surface area (Å²) >= 11 is 0. The summed E-state index contributed by atoms with van der Waals surface area (Å²) in [6, 6.07) is 0. The van der Waals surface area contributed by atoms with Gasteiger partial charge >= 0.3 is 7.12 Å². The molecule has 0 radical (unpaired) electrons. The summed E-state index contributed by atoms with van der Waals surface area (Å²) in [4.78, 5) is 10.2. The molecule has 10 heavy (non-hydrogen) atoms. The number of aldehydes is 1. The second-order valence-corrected chi connectivity index (χ2v) is 2.08. The molecule has 0 atom stereocenters. The molecule has 52 valence electrons. The van der Waals surface area contributed by atoms with Crippen LogP contribution in [0.4, 0.5) is 0 Å². The van der Waals surface area contributed by atoms with Crippen molar-refractivity contribution in [2.24, 2.45) is 0 Å². The maximum Gasteiger partial charge on any atom is 0.488 e. The van der Waals surface area contributed by atoms with E-state index >= 15 is 0 Å². The van der Waals surface area contributed by atoms with Crippen molar-refractivity contribution >= 4 is 13.4 Å². The Morgan fingerprint density at radius 1 is 1.60 bits per heavy atom. The van der Waals surface area contributed by atoms with Crippen LogP contribution in [-0.2, 0) is 4.79 Å². The van der Waals surface area contributed by atoms with Gasteiger partial charge in [-0.15, -0.1) is 0 Å². The molecule has 1 aliphatic carbocycles. The quantitative estimate of drug-likeness (QED) is 0.397. The van der Waals surface area contributed by atoms with Crippen molar-refractivity contribution in [2.45, 2.75) is 6.42 Å². The number of carbonyl (C=O) groups excluding carboxylic acids is 1. The van der Waals surface area contributed by atoms with E-state index in [2.05, 4.69) is 0 Å². The van der Waals surface area contributed by atoms with Gasteiger partial charge in [0, 0.05) is 0 Å². The molecular formula is C6H7BO3. The molecule has 0 heterocycles. The van der Waals surface area contributed by atoms with E-state index in [1.165, 1.54) is 0 Å². The number of rotatable bonds is 2. The van der Waals surface area contributed by atoms with Crippen LogP contribution in [0.5, 0.6) is 0 Å². The first-order valence-electron chi connectivity index (χ1n) is 2.96. The van der Waals surface area contributed by atoms with Gasteiger partial charge in [0.25, 0.3) is 0 Å². The van der Waals surface area contributed by atoms with E-state index in [1.54, 1.807) is 12.2 Å². The molecule has 0 saturated heterocycles. The van der Waals surface area contributed by atoms with E-state index in [4.69, 9.17) is 10.0 Å². The van der Waals surface area contributed by atoms with Crippen LogP contribution in [0.25, 0.3) is 0 Å². The molecular weight excluding hydrogens is 131 g/mol. The van der Waals surface area contributed by atoms with E-state index < -0.39 is 7.12 Å². The van der Waals surface area contributed by atoms with Crippen molar-refractivity contribution < 1.29 is 14.8 Å². The Labute approximate surface area is 58.8 Å². The lowest BCUT2D eigenvalue weighted by atomic mass is 9.78. The Bertz CT molecular complexity index is 205. The molecule has 0 aromatic carbocycles. The van der Waals surface area contributed by atoms with Gasteiger partial charge in [-0.2, -0.15) is 0 Å². The second kappa shape index (κ2) is 2.81. The van der Waals surface area contributed by atoms with Crippen LogP contribution in [0, 0.1) is 0 Å². The molecule has 0 saturated carbocycles. The minimum absolute atomic E-state index is 0.315. The molecule has 0 unspecified atom stereocenters. The Kier molecular flexibility index (Phi) is 2.04. The summed E-state index contributed by atoms with van der Waals surface area (Å²) in [5.41, 5.74) is 0.769. The van der Waals surface area contributed by atoms with Gasteiger partial charge in [-0.25, -0.2) is 0 Å². The smallest absolute Gasteiger partial charge is 0.423 e.